The van der Waals surface area contributed by atoms with Crippen molar-refractivity contribution < 1.29 is 14.6 Å². The van der Waals surface area contributed by atoms with Crippen LogP contribution in [0, 0.1) is 5.92 Å². The average Bonchev–Trinajstić information content (AvgIpc) is 2.35. The van der Waals surface area contributed by atoms with Gasteiger partial charge in [0.25, 0.3) is 0 Å². The van der Waals surface area contributed by atoms with Crippen molar-refractivity contribution >= 4 is 5.97 Å². The number of allylic oxidation sites excluding steroid dienone is 1. The minimum atomic E-state index is -0.770. The summed E-state index contributed by atoms with van der Waals surface area (Å²) in [5.41, 5.74) is 0. The lowest BCUT2D eigenvalue weighted by atomic mass is 10.1. The molecule has 1 unspecified atom stereocenters. The summed E-state index contributed by atoms with van der Waals surface area (Å²) < 4.78 is 5.21. The van der Waals surface area contributed by atoms with E-state index in [1.807, 2.05) is 13.0 Å². The summed E-state index contributed by atoms with van der Waals surface area (Å²) in [6, 6.07) is 0. The molecule has 0 amide bonds. The number of hydrogen-bond acceptors (Lipinski definition) is 2. The van der Waals surface area contributed by atoms with Crippen molar-refractivity contribution in [3.05, 3.63) is 11.8 Å². The van der Waals surface area contributed by atoms with Crippen LogP contribution in [0.5, 0.6) is 0 Å². The Hall–Kier alpha value is -0.990. The van der Waals surface area contributed by atoms with E-state index in [9.17, 15) is 4.79 Å². The molecule has 1 aliphatic rings. The highest BCUT2D eigenvalue weighted by Gasteiger charge is 2.16. The lowest BCUT2D eigenvalue weighted by Gasteiger charge is -2.09. The third-order valence-electron chi connectivity index (χ3n) is 1.70. The van der Waals surface area contributed by atoms with Crippen molar-refractivity contribution in [1.82, 2.24) is 0 Å². The quantitative estimate of drug-likeness (QED) is 0.671. The molecule has 0 saturated heterocycles. The number of carboxylic acid groups (broad SMARTS) is 1. The van der Waals surface area contributed by atoms with Crippen molar-refractivity contribution in [3.63, 3.8) is 0 Å². The van der Waals surface area contributed by atoms with Gasteiger partial charge in [-0.3, -0.25) is 4.79 Å². The van der Waals surface area contributed by atoms with E-state index in [1.54, 1.807) is 0 Å². The van der Waals surface area contributed by atoms with Gasteiger partial charge >= 0.3 is 5.97 Å². The third-order valence-corrected chi connectivity index (χ3v) is 1.70. The maximum atomic E-state index is 10.3. The lowest BCUT2D eigenvalue weighted by molar-refractivity contribution is -0.137. The van der Waals surface area contributed by atoms with E-state index in [4.69, 9.17) is 9.84 Å². The van der Waals surface area contributed by atoms with Gasteiger partial charge in [0.05, 0.1) is 18.8 Å². The van der Waals surface area contributed by atoms with Gasteiger partial charge < -0.3 is 9.84 Å². The number of ether oxygens (including phenoxy) is 1. The topological polar surface area (TPSA) is 46.5 Å². The number of rotatable bonds is 3. The molecule has 0 bridgehead atoms. The van der Waals surface area contributed by atoms with Crippen LogP contribution >= 0.6 is 0 Å². The smallest absolute Gasteiger partial charge is 0.304 e. The standard InChI is InChI=1S/C8H12O3/c1-6(5-8(9)10)7-3-2-4-11-7/h3,6H,2,4-5H2,1H3,(H,9,10). The molecule has 0 saturated carbocycles. The molecule has 3 heteroatoms. The SMILES string of the molecule is CC(CC(=O)O)C1=CCCO1. The summed E-state index contributed by atoms with van der Waals surface area (Å²) in [6.45, 7) is 2.57. The summed E-state index contributed by atoms with van der Waals surface area (Å²) in [6.07, 6.45) is 3.04. The Morgan fingerprint density at radius 2 is 2.64 bits per heavy atom. The fourth-order valence-corrected chi connectivity index (χ4v) is 1.14. The molecule has 62 valence electrons. The molecular weight excluding hydrogens is 144 g/mol. The average molecular weight is 156 g/mol. The molecule has 1 rings (SSSR count). The van der Waals surface area contributed by atoms with E-state index >= 15 is 0 Å². The van der Waals surface area contributed by atoms with Gasteiger partial charge in [-0.25, -0.2) is 0 Å². The number of hydrogen-bond donors (Lipinski definition) is 1. The minimum Gasteiger partial charge on any atom is -0.498 e. The molecule has 0 aromatic carbocycles. The lowest BCUT2D eigenvalue weighted by Crippen LogP contribution is -2.07. The maximum Gasteiger partial charge on any atom is 0.304 e. The van der Waals surface area contributed by atoms with Crippen LogP contribution in [0.15, 0.2) is 11.8 Å². The Balaban J connectivity index is 2.40. The Labute approximate surface area is 65.7 Å². The largest absolute Gasteiger partial charge is 0.498 e. The Kier molecular flexibility index (Phi) is 2.52. The molecule has 0 fully saturated rings. The molecule has 11 heavy (non-hydrogen) atoms. The first-order valence-corrected chi connectivity index (χ1v) is 3.75. The second kappa shape index (κ2) is 3.42. The van der Waals surface area contributed by atoms with Gasteiger partial charge in [0, 0.05) is 12.3 Å². The highest BCUT2D eigenvalue weighted by Crippen LogP contribution is 2.20. The Bertz CT molecular complexity index is 184. The van der Waals surface area contributed by atoms with E-state index < -0.39 is 5.97 Å². The van der Waals surface area contributed by atoms with Gasteiger partial charge in [-0.05, 0) is 6.08 Å². The second-order valence-corrected chi connectivity index (χ2v) is 2.74. The van der Waals surface area contributed by atoms with Gasteiger partial charge in [0.15, 0.2) is 0 Å². The minimum absolute atomic E-state index is 0.0231. The number of carbonyl (C=O) groups is 1. The molecule has 0 spiro atoms. The van der Waals surface area contributed by atoms with Crippen LogP contribution in [0.4, 0.5) is 0 Å². The van der Waals surface area contributed by atoms with Crippen molar-refractivity contribution in [3.8, 4) is 0 Å². The molecule has 3 nitrogen and oxygen atoms in total. The molecule has 1 heterocycles. The Morgan fingerprint density at radius 1 is 1.91 bits per heavy atom. The second-order valence-electron chi connectivity index (χ2n) is 2.74. The molecule has 0 aliphatic carbocycles. The highest BCUT2D eigenvalue weighted by atomic mass is 16.5. The monoisotopic (exact) mass is 156 g/mol. The summed E-state index contributed by atoms with van der Waals surface area (Å²) >= 11 is 0. The number of carboxylic acids is 1. The maximum absolute atomic E-state index is 10.3. The predicted octanol–water partition coefficient (Wildman–Crippen LogP) is 1.40. The zero-order chi connectivity index (χ0) is 8.27. The zero-order valence-corrected chi connectivity index (χ0v) is 6.54. The normalized spacial score (nSPS) is 18.8. The van der Waals surface area contributed by atoms with Crippen LogP contribution in [-0.4, -0.2) is 17.7 Å². The first-order valence-electron chi connectivity index (χ1n) is 3.75. The van der Waals surface area contributed by atoms with Crippen molar-refractivity contribution in [2.45, 2.75) is 19.8 Å². The van der Waals surface area contributed by atoms with Crippen LogP contribution in [0.2, 0.25) is 0 Å². The van der Waals surface area contributed by atoms with Crippen LogP contribution in [0.25, 0.3) is 0 Å². The molecule has 0 aromatic heterocycles. The Morgan fingerprint density at radius 3 is 3.09 bits per heavy atom. The molecule has 0 radical (unpaired) electrons. The first kappa shape index (κ1) is 8.11. The van der Waals surface area contributed by atoms with Gasteiger partial charge in [0.1, 0.15) is 0 Å². The fourth-order valence-electron chi connectivity index (χ4n) is 1.14. The zero-order valence-electron chi connectivity index (χ0n) is 6.54. The van der Waals surface area contributed by atoms with E-state index in [-0.39, 0.29) is 12.3 Å². The van der Waals surface area contributed by atoms with Crippen LogP contribution in [0.1, 0.15) is 19.8 Å². The summed E-state index contributed by atoms with van der Waals surface area (Å²) in [5.74, 6) is 0.0938. The number of aliphatic carboxylic acids is 1. The summed E-state index contributed by atoms with van der Waals surface area (Å²) in [4.78, 5) is 10.3. The predicted molar refractivity (Wildman–Crippen MR) is 40.1 cm³/mol. The van der Waals surface area contributed by atoms with Crippen molar-refractivity contribution in [2.24, 2.45) is 5.92 Å². The molecule has 0 aromatic rings. The van der Waals surface area contributed by atoms with Gasteiger partial charge in [-0.15, -0.1) is 0 Å². The first-order chi connectivity index (χ1) is 5.20. The van der Waals surface area contributed by atoms with Gasteiger partial charge in [-0.2, -0.15) is 0 Å². The molecule has 1 aliphatic heterocycles. The van der Waals surface area contributed by atoms with Crippen LogP contribution in [0.3, 0.4) is 0 Å². The van der Waals surface area contributed by atoms with Gasteiger partial charge in [0.2, 0.25) is 0 Å². The fraction of sp³-hybridized carbons (Fsp3) is 0.625. The molecule has 1 N–H and O–H groups in total. The van der Waals surface area contributed by atoms with Crippen molar-refractivity contribution in [2.75, 3.05) is 6.61 Å². The van der Waals surface area contributed by atoms with E-state index in [0.29, 0.717) is 6.61 Å². The van der Waals surface area contributed by atoms with Gasteiger partial charge in [-0.1, -0.05) is 6.92 Å². The van der Waals surface area contributed by atoms with E-state index in [0.717, 1.165) is 12.2 Å². The molecular formula is C8H12O3. The summed E-state index contributed by atoms with van der Waals surface area (Å²) in [5, 5.41) is 8.46. The van der Waals surface area contributed by atoms with E-state index in [2.05, 4.69) is 0 Å². The summed E-state index contributed by atoms with van der Waals surface area (Å²) in [7, 11) is 0. The van der Waals surface area contributed by atoms with Crippen LogP contribution < -0.4 is 0 Å². The third kappa shape index (κ3) is 2.26. The molecule has 1 atom stereocenters. The highest BCUT2D eigenvalue weighted by molar-refractivity contribution is 5.67. The van der Waals surface area contributed by atoms with E-state index in [1.165, 1.54) is 0 Å². The van der Waals surface area contributed by atoms with Crippen molar-refractivity contribution in [1.29, 1.82) is 0 Å². The van der Waals surface area contributed by atoms with Crippen LogP contribution in [-0.2, 0) is 9.53 Å².